The van der Waals surface area contributed by atoms with Gasteiger partial charge < -0.3 is 20.1 Å². The monoisotopic (exact) mass is 426 g/mol. The largest absolute Gasteiger partial charge is 0.491 e. The Kier molecular flexibility index (Phi) is 6.72. The number of hydrogen-bond acceptors (Lipinski definition) is 4. The molecule has 0 radical (unpaired) electrons. The lowest BCUT2D eigenvalue weighted by Gasteiger charge is -2.28. The number of carbonyl (C=O) groups excluding carboxylic acids is 1. The smallest absolute Gasteiger partial charge is 0.251 e. The molecule has 2 aromatic carbocycles. The number of aliphatic hydroxyl groups is 1. The first-order valence-corrected chi connectivity index (χ1v) is 10.9. The topological polar surface area (TPSA) is 61.8 Å². The molecule has 5 nitrogen and oxygen atoms in total. The number of benzene rings is 2. The van der Waals surface area contributed by atoms with Gasteiger partial charge in [-0.1, -0.05) is 35.9 Å². The summed E-state index contributed by atoms with van der Waals surface area (Å²) < 4.78 is 5.46. The second kappa shape index (κ2) is 9.65. The minimum absolute atomic E-state index is 0.0130. The maximum absolute atomic E-state index is 13.6. The van der Waals surface area contributed by atoms with Crippen LogP contribution in [0.15, 0.2) is 54.1 Å². The van der Waals surface area contributed by atoms with E-state index in [0.29, 0.717) is 24.2 Å². The van der Waals surface area contributed by atoms with E-state index in [1.807, 2.05) is 53.4 Å². The number of halogens is 1. The Hall–Kier alpha value is -2.34. The van der Waals surface area contributed by atoms with E-state index in [-0.39, 0.29) is 19.1 Å². The van der Waals surface area contributed by atoms with Gasteiger partial charge in [-0.05, 0) is 66.8 Å². The fourth-order valence-corrected chi connectivity index (χ4v) is 4.09. The van der Waals surface area contributed by atoms with Crippen molar-refractivity contribution < 1.29 is 14.6 Å². The van der Waals surface area contributed by atoms with Gasteiger partial charge in [0, 0.05) is 29.7 Å². The maximum Gasteiger partial charge on any atom is 0.251 e. The van der Waals surface area contributed by atoms with Crippen LogP contribution in [0.5, 0.6) is 5.75 Å². The molecular formula is C24H27ClN2O3. The minimum atomic E-state index is -0.0130. The third-order valence-corrected chi connectivity index (χ3v) is 5.76. The Labute approximate surface area is 182 Å². The number of nitrogens with one attached hydrogen (secondary N) is 1. The molecule has 158 valence electrons. The van der Waals surface area contributed by atoms with E-state index >= 15 is 0 Å². The zero-order valence-electron chi connectivity index (χ0n) is 16.9. The van der Waals surface area contributed by atoms with Crippen LogP contribution >= 0.6 is 11.6 Å². The molecule has 0 unspecified atom stereocenters. The van der Waals surface area contributed by atoms with Gasteiger partial charge in [0.25, 0.3) is 5.91 Å². The summed E-state index contributed by atoms with van der Waals surface area (Å²) in [5.74, 6) is 0.830. The molecule has 0 atom stereocenters. The van der Waals surface area contributed by atoms with Crippen LogP contribution in [-0.4, -0.2) is 48.3 Å². The average molecular weight is 427 g/mol. The Morgan fingerprint density at radius 3 is 2.70 bits per heavy atom. The first kappa shape index (κ1) is 20.9. The van der Waals surface area contributed by atoms with Gasteiger partial charge in [-0.2, -0.15) is 0 Å². The summed E-state index contributed by atoms with van der Waals surface area (Å²) in [4.78, 5) is 15.6. The fourth-order valence-electron chi connectivity index (χ4n) is 3.88. The number of rotatable bonds is 8. The molecule has 30 heavy (non-hydrogen) atoms. The fraction of sp³-hybridized carbons (Fsp3) is 0.375. The van der Waals surface area contributed by atoms with Gasteiger partial charge in [-0.3, -0.25) is 4.79 Å². The Bertz CT molecular complexity index is 922. The summed E-state index contributed by atoms with van der Waals surface area (Å²) in [6, 6.07) is 15.8. The van der Waals surface area contributed by atoms with Crippen molar-refractivity contribution in [2.45, 2.75) is 31.8 Å². The van der Waals surface area contributed by atoms with Crippen LogP contribution in [0, 0.1) is 0 Å². The molecule has 0 spiro atoms. The van der Waals surface area contributed by atoms with Crippen molar-refractivity contribution in [3.63, 3.8) is 0 Å². The molecule has 2 N–H and O–H groups in total. The lowest BCUT2D eigenvalue weighted by molar-refractivity contribution is -0.128. The zero-order chi connectivity index (χ0) is 20.9. The first-order chi connectivity index (χ1) is 14.7. The minimum Gasteiger partial charge on any atom is -0.491 e. The van der Waals surface area contributed by atoms with E-state index < -0.39 is 0 Å². The third kappa shape index (κ3) is 5.04. The van der Waals surface area contributed by atoms with Crippen molar-refractivity contribution in [3.05, 3.63) is 70.3 Å². The Balaban J connectivity index is 1.59. The van der Waals surface area contributed by atoms with Crippen molar-refractivity contribution in [1.29, 1.82) is 0 Å². The zero-order valence-corrected chi connectivity index (χ0v) is 17.7. The highest BCUT2D eigenvalue weighted by Crippen LogP contribution is 2.33. The lowest BCUT2D eigenvalue weighted by atomic mass is 9.93. The molecule has 6 heteroatoms. The van der Waals surface area contributed by atoms with E-state index in [0.717, 1.165) is 53.8 Å². The van der Waals surface area contributed by atoms with Crippen LogP contribution in [-0.2, 0) is 11.3 Å². The van der Waals surface area contributed by atoms with Gasteiger partial charge in [0.15, 0.2) is 0 Å². The maximum atomic E-state index is 13.6. The van der Waals surface area contributed by atoms with Crippen LogP contribution in [0.3, 0.4) is 0 Å². The van der Waals surface area contributed by atoms with Crippen LogP contribution < -0.4 is 10.1 Å². The van der Waals surface area contributed by atoms with Crippen LogP contribution in [0.25, 0.3) is 5.57 Å². The van der Waals surface area contributed by atoms with Crippen LogP contribution in [0.2, 0.25) is 5.02 Å². The van der Waals surface area contributed by atoms with Gasteiger partial charge in [0.2, 0.25) is 0 Å². The predicted octanol–water partition coefficient (Wildman–Crippen LogP) is 3.65. The average Bonchev–Trinajstić information content (AvgIpc) is 3.61. The Morgan fingerprint density at radius 1 is 1.20 bits per heavy atom. The number of amides is 1. The molecule has 1 aliphatic heterocycles. The van der Waals surface area contributed by atoms with Crippen molar-refractivity contribution >= 4 is 23.1 Å². The van der Waals surface area contributed by atoms with Gasteiger partial charge in [-0.15, -0.1) is 0 Å². The van der Waals surface area contributed by atoms with E-state index in [1.54, 1.807) is 0 Å². The van der Waals surface area contributed by atoms with Gasteiger partial charge in [-0.25, -0.2) is 0 Å². The van der Waals surface area contributed by atoms with Gasteiger partial charge >= 0.3 is 0 Å². The normalized spacial score (nSPS) is 16.5. The molecule has 1 aliphatic carbocycles. The van der Waals surface area contributed by atoms with E-state index in [9.17, 15) is 4.79 Å². The van der Waals surface area contributed by atoms with Crippen molar-refractivity contribution in [2.24, 2.45) is 0 Å². The number of aliphatic hydroxyl groups excluding tert-OH is 1. The highest BCUT2D eigenvalue weighted by atomic mass is 35.5. The molecular weight excluding hydrogens is 400 g/mol. The summed E-state index contributed by atoms with van der Waals surface area (Å²) in [6.45, 7) is 2.27. The molecule has 2 aliphatic rings. The predicted molar refractivity (Wildman–Crippen MR) is 118 cm³/mol. The highest BCUT2D eigenvalue weighted by molar-refractivity contribution is 6.30. The molecule has 1 fully saturated rings. The SMILES string of the molecule is O=C(C1=C(c2ccc(OCCO)cc2)CCNC1)N(Cc1cccc(Cl)c1)C1CC1. The third-order valence-electron chi connectivity index (χ3n) is 5.53. The molecule has 0 aromatic heterocycles. The molecule has 1 saturated carbocycles. The van der Waals surface area contributed by atoms with E-state index in [2.05, 4.69) is 5.32 Å². The second-order valence-electron chi connectivity index (χ2n) is 7.77. The number of hydrogen-bond donors (Lipinski definition) is 2. The van der Waals surface area contributed by atoms with Gasteiger partial charge in [0.05, 0.1) is 6.61 Å². The van der Waals surface area contributed by atoms with Crippen molar-refractivity contribution in [2.75, 3.05) is 26.3 Å². The molecule has 4 rings (SSSR count). The number of ether oxygens (including phenoxy) is 1. The van der Waals surface area contributed by atoms with Crippen molar-refractivity contribution in [1.82, 2.24) is 10.2 Å². The quantitative estimate of drug-likeness (QED) is 0.676. The Morgan fingerprint density at radius 2 is 2.00 bits per heavy atom. The van der Waals surface area contributed by atoms with Crippen LogP contribution in [0.1, 0.15) is 30.4 Å². The van der Waals surface area contributed by atoms with E-state index in [1.165, 1.54) is 0 Å². The number of carbonyl (C=O) groups is 1. The molecule has 1 heterocycles. The highest BCUT2D eigenvalue weighted by Gasteiger charge is 2.35. The summed E-state index contributed by atoms with van der Waals surface area (Å²) in [7, 11) is 0. The molecule has 2 aromatic rings. The van der Waals surface area contributed by atoms with Crippen LogP contribution in [0.4, 0.5) is 0 Å². The number of nitrogens with zero attached hydrogens (tertiary/aromatic N) is 1. The molecule has 0 saturated heterocycles. The summed E-state index contributed by atoms with van der Waals surface area (Å²) in [5, 5.41) is 13.0. The summed E-state index contributed by atoms with van der Waals surface area (Å²) >= 11 is 6.15. The molecule has 1 amide bonds. The summed E-state index contributed by atoms with van der Waals surface area (Å²) in [5.41, 5.74) is 4.05. The standard InChI is InChI=1S/C24H27ClN2O3/c25-19-3-1-2-17(14-19)16-27(20-6-7-20)24(29)23-15-26-11-10-22(23)18-4-8-21(9-5-18)30-13-12-28/h1-5,8-9,14,20,26,28H,6-7,10-13,15-16H2. The molecule has 0 bridgehead atoms. The van der Waals surface area contributed by atoms with Gasteiger partial charge in [0.1, 0.15) is 12.4 Å². The first-order valence-electron chi connectivity index (χ1n) is 10.5. The van der Waals surface area contributed by atoms with E-state index in [4.69, 9.17) is 21.4 Å². The second-order valence-corrected chi connectivity index (χ2v) is 8.21. The summed E-state index contributed by atoms with van der Waals surface area (Å²) in [6.07, 6.45) is 2.92. The lowest BCUT2D eigenvalue weighted by Crippen LogP contribution is -2.39. The van der Waals surface area contributed by atoms with Crippen molar-refractivity contribution in [3.8, 4) is 5.75 Å².